The zero-order chi connectivity index (χ0) is 14.5. The molecule has 1 aromatic rings. The molecule has 2 aliphatic heterocycles. The van der Waals surface area contributed by atoms with Gasteiger partial charge in [-0.15, -0.1) is 0 Å². The molecule has 1 radical (unpaired) electrons. The van der Waals surface area contributed by atoms with Gasteiger partial charge < -0.3 is 15.5 Å². The topological polar surface area (TPSA) is 63.5 Å². The molecule has 0 atom stereocenters. The Balaban J connectivity index is 1.51. The Morgan fingerprint density at radius 2 is 2.00 bits per heavy atom. The summed E-state index contributed by atoms with van der Waals surface area (Å²) in [6.45, 7) is 4.49. The molecule has 5 nitrogen and oxygen atoms in total. The predicted octanol–water partition coefficient (Wildman–Crippen LogP) is 1.38. The average molecular weight is 286 g/mol. The van der Waals surface area contributed by atoms with Crippen LogP contribution >= 0.6 is 0 Å². The number of nitrogens with zero attached hydrogens (tertiary/aromatic N) is 2. The van der Waals surface area contributed by atoms with Crippen LogP contribution in [-0.2, 0) is 6.54 Å². The minimum Gasteiger partial charge on any atom is -0.371 e. The Bertz CT molecular complexity index is 474. The number of piperidine rings is 1. The molecule has 0 amide bonds. The van der Waals surface area contributed by atoms with E-state index in [-0.39, 0.29) is 0 Å². The van der Waals surface area contributed by atoms with Gasteiger partial charge in [0.05, 0.1) is 0 Å². The number of anilines is 1. The maximum Gasteiger partial charge on any atom is 0.191 e. The molecular weight excluding hydrogens is 262 g/mol. The van der Waals surface area contributed by atoms with E-state index >= 15 is 0 Å². The van der Waals surface area contributed by atoms with Crippen LogP contribution in [-0.4, -0.2) is 38.2 Å². The minimum atomic E-state index is 0.362. The zero-order valence-electron chi connectivity index (χ0n) is 12.4. The maximum atomic E-state index is 7.37. The van der Waals surface area contributed by atoms with Gasteiger partial charge in [0.2, 0.25) is 0 Å². The first kappa shape index (κ1) is 14.2. The van der Waals surface area contributed by atoms with E-state index in [2.05, 4.69) is 44.8 Å². The van der Waals surface area contributed by atoms with Gasteiger partial charge in [-0.05, 0) is 37.0 Å². The standard InChI is InChI=1S/C16H24N5/c17-12-13-2-4-15(5-3-13)21-10-6-14(7-11-21)20-16-18-8-1-9-19-16/h2-5,14,17H,1,6-12H2,(H2,18,19,20). The molecule has 113 valence electrons. The molecule has 1 saturated heterocycles. The van der Waals surface area contributed by atoms with E-state index in [1.54, 1.807) is 0 Å². The summed E-state index contributed by atoms with van der Waals surface area (Å²) in [5.41, 5.74) is 9.73. The van der Waals surface area contributed by atoms with E-state index < -0.39 is 0 Å². The fraction of sp³-hybridized carbons (Fsp3) is 0.562. The van der Waals surface area contributed by atoms with E-state index in [1.165, 1.54) is 5.69 Å². The third-order valence-corrected chi connectivity index (χ3v) is 4.24. The summed E-state index contributed by atoms with van der Waals surface area (Å²) in [4.78, 5) is 6.92. The summed E-state index contributed by atoms with van der Waals surface area (Å²) in [6, 6.07) is 8.94. The Morgan fingerprint density at radius 3 is 2.62 bits per heavy atom. The largest absolute Gasteiger partial charge is 0.371 e. The second kappa shape index (κ2) is 6.80. The SMILES string of the molecule is [NH]Cc1ccc(N2CCC(NC3=NCCCN3)CC2)cc1. The summed E-state index contributed by atoms with van der Waals surface area (Å²) >= 11 is 0. The van der Waals surface area contributed by atoms with Crippen LogP contribution in [0.1, 0.15) is 24.8 Å². The van der Waals surface area contributed by atoms with Gasteiger partial charge in [-0.3, -0.25) is 10.7 Å². The molecule has 1 aromatic carbocycles. The summed E-state index contributed by atoms with van der Waals surface area (Å²) in [5, 5.41) is 6.86. The van der Waals surface area contributed by atoms with E-state index in [4.69, 9.17) is 5.73 Å². The van der Waals surface area contributed by atoms with Gasteiger partial charge in [-0.1, -0.05) is 12.1 Å². The van der Waals surface area contributed by atoms with Gasteiger partial charge in [-0.25, -0.2) is 0 Å². The lowest BCUT2D eigenvalue weighted by Gasteiger charge is -2.35. The number of aliphatic imine (C=N–C) groups is 1. The first-order chi connectivity index (χ1) is 10.3. The number of rotatable bonds is 3. The van der Waals surface area contributed by atoms with Gasteiger partial charge in [0.25, 0.3) is 0 Å². The lowest BCUT2D eigenvalue weighted by molar-refractivity contribution is 0.459. The zero-order valence-corrected chi connectivity index (χ0v) is 12.4. The molecule has 5 heteroatoms. The molecule has 0 bridgehead atoms. The van der Waals surface area contributed by atoms with E-state index in [0.717, 1.165) is 57.0 Å². The number of guanidine groups is 1. The van der Waals surface area contributed by atoms with Gasteiger partial charge in [0.15, 0.2) is 5.96 Å². The highest BCUT2D eigenvalue weighted by molar-refractivity contribution is 5.80. The average Bonchev–Trinajstić information content (AvgIpc) is 2.57. The second-order valence-corrected chi connectivity index (χ2v) is 5.76. The Labute approximate surface area is 126 Å². The molecule has 0 aliphatic carbocycles. The van der Waals surface area contributed by atoms with Crippen molar-refractivity contribution in [3.05, 3.63) is 29.8 Å². The molecule has 3 rings (SSSR count). The highest BCUT2D eigenvalue weighted by atomic mass is 15.2. The van der Waals surface area contributed by atoms with Crippen molar-refractivity contribution < 1.29 is 0 Å². The van der Waals surface area contributed by atoms with Crippen LogP contribution < -0.4 is 21.3 Å². The number of benzene rings is 1. The summed E-state index contributed by atoms with van der Waals surface area (Å²) in [7, 11) is 0. The van der Waals surface area contributed by atoms with Crippen molar-refractivity contribution in [3.8, 4) is 0 Å². The van der Waals surface area contributed by atoms with Crippen molar-refractivity contribution in [1.29, 1.82) is 0 Å². The molecule has 1 fully saturated rings. The summed E-state index contributed by atoms with van der Waals surface area (Å²) in [5.74, 6) is 0.986. The van der Waals surface area contributed by atoms with Gasteiger partial charge in [0, 0.05) is 44.5 Å². The van der Waals surface area contributed by atoms with Crippen LogP contribution in [0.2, 0.25) is 0 Å². The van der Waals surface area contributed by atoms with Crippen molar-refractivity contribution in [2.45, 2.75) is 31.8 Å². The van der Waals surface area contributed by atoms with Crippen LogP contribution in [0, 0.1) is 0 Å². The number of hydrogen-bond donors (Lipinski definition) is 2. The molecule has 2 heterocycles. The number of hydrogen-bond acceptors (Lipinski definition) is 4. The van der Waals surface area contributed by atoms with Crippen LogP contribution in [0.4, 0.5) is 5.69 Å². The van der Waals surface area contributed by atoms with Crippen molar-refractivity contribution in [2.24, 2.45) is 4.99 Å². The van der Waals surface area contributed by atoms with Crippen molar-refractivity contribution in [1.82, 2.24) is 16.4 Å². The highest BCUT2D eigenvalue weighted by Gasteiger charge is 2.20. The second-order valence-electron chi connectivity index (χ2n) is 5.76. The van der Waals surface area contributed by atoms with Gasteiger partial charge in [0.1, 0.15) is 0 Å². The molecule has 3 N–H and O–H groups in total. The fourth-order valence-corrected chi connectivity index (χ4v) is 2.93. The Hall–Kier alpha value is -1.75. The number of nitrogens with one attached hydrogen (secondary N) is 3. The molecule has 2 aliphatic rings. The monoisotopic (exact) mass is 286 g/mol. The highest BCUT2D eigenvalue weighted by Crippen LogP contribution is 2.20. The van der Waals surface area contributed by atoms with Crippen molar-refractivity contribution in [3.63, 3.8) is 0 Å². The Kier molecular flexibility index (Phi) is 4.60. The van der Waals surface area contributed by atoms with Crippen LogP contribution in [0.3, 0.4) is 0 Å². The van der Waals surface area contributed by atoms with Crippen LogP contribution in [0.5, 0.6) is 0 Å². The van der Waals surface area contributed by atoms with Gasteiger partial charge in [-0.2, -0.15) is 0 Å². The quantitative estimate of drug-likeness (QED) is 0.882. The smallest absolute Gasteiger partial charge is 0.191 e. The Morgan fingerprint density at radius 1 is 1.24 bits per heavy atom. The molecule has 0 unspecified atom stereocenters. The molecule has 0 saturated carbocycles. The van der Waals surface area contributed by atoms with Crippen molar-refractivity contribution >= 4 is 11.6 Å². The van der Waals surface area contributed by atoms with Gasteiger partial charge >= 0.3 is 0 Å². The molecule has 0 aromatic heterocycles. The van der Waals surface area contributed by atoms with E-state index in [1.807, 2.05) is 0 Å². The third kappa shape index (κ3) is 3.67. The maximum absolute atomic E-state index is 7.37. The third-order valence-electron chi connectivity index (χ3n) is 4.24. The molecule has 21 heavy (non-hydrogen) atoms. The lowest BCUT2D eigenvalue weighted by Crippen LogP contribution is -2.50. The predicted molar refractivity (Wildman–Crippen MR) is 86.5 cm³/mol. The first-order valence-electron chi connectivity index (χ1n) is 7.88. The normalized spacial score (nSPS) is 19.9. The van der Waals surface area contributed by atoms with Crippen molar-refractivity contribution in [2.75, 3.05) is 31.1 Å². The summed E-state index contributed by atoms with van der Waals surface area (Å²) < 4.78 is 0. The summed E-state index contributed by atoms with van der Waals surface area (Å²) in [6.07, 6.45) is 3.42. The lowest BCUT2D eigenvalue weighted by atomic mass is 10.0. The van der Waals surface area contributed by atoms with Crippen LogP contribution in [0.15, 0.2) is 29.3 Å². The van der Waals surface area contributed by atoms with Crippen LogP contribution in [0.25, 0.3) is 0 Å². The molecular formula is C16H24N5. The first-order valence-corrected chi connectivity index (χ1v) is 7.88. The fourth-order valence-electron chi connectivity index (χ4n) is 2.93. The molecule has 0 spiro atoms. The van der Waals surface area contributed by atoms with E-state index in [0.29, 0.717) is 12.6 Å². The minimum absolute atomic E-state index is 0.362. The van der Waals surface area contributed by atoms with E-state index in [9.17, 15) is 0 Å².